The number of amides is 1. The van der Waals surface area contributed by atoms with E-state index in [0.717, 1.165) is 28.4 Å². The molecular formula is C25H25N3O4. The number of hydrogen-bond acceptors (Lipinski definition) is 6. The number of fused-ring (bicyclic) bond motifs is 2. The summed E-state index contributed by atoms with van der Waals surface area (Å²) in [6.07, 6.45) is -0.803. The molecule has 1 amide bonds. The highest BCUT2D eigenvalue weighted by molar-refractivity contribution is 6.09. The number of carbonyl (C=O) groups is 1. The Labute approximate surface area is 186 Å². The number of anilines is 2. The number of nitrogens with one attached hydrogen (secondary N) is 2. The van der Waals surface area contributed by atoms with Gasteiger partial charge in [0, 0.05) is 22.0 Å². The number of aromatic nitrogens is 1. The third-order valence-corrected chi connectivity index (χ3v) is 5.06. The zero-order valence-electron chi connectivity index (χ0n) is 18.0. The second-order valence-corrected chi connectivity index (χ2v) is 7.29. The molecule has 0 spiro atoms. The lowest BCUT2D eigenvalue weighted by Crippen LogP contribution is -2.15. The summed E-state index contributed by atoms with van der Waals surface area (Å²) in [4.78, 5) is 16.6. The number of benzene rings is 3. The minimum atomic E-state index is -1.02. The summed E-state index contributed by atoms with van der Waals surface area (Å²) in [6.45, 7) is 2.28. The Bertz CT molecular complexity index is 1260. The van der Waals surface area contributed by atoms with Gasteiger partial charge < -0.3 is 19.9 Å². The van der Waals surface area contributed by atoms with Gasteiger partial charge in [-0.05, 0) is 30.7 Å². The van der Waals surface area contributed by atoms with Crippen LogP contribution in [0, 0.1) is 0 Å². The van der Waals surface area contributed by atoms with Crippen LogP contribution >= 0.6 is 0 Å². The number of methoxy groups -OCH3 is 1. The highest BCUT2D eigenvalue weighted by atomic mass is 16.5. The van der Waals surface area contributed by atoms with Gasteiger partial charge in [0.25, 0.3) is 0 Å². The molecule has 0 saturated carbocycles. The Kier molecular flexibility index (Phi) is 6.37. The predicted molar refractivity (Wildman–Crippen MR) is 126 cm³/mol. The van der Waals surface area contributed by atoms with Gasteiger partial charge in [-0.15, -0.1) is 0 Å². The summed E-state index contributed by atoms with van der Waals surface area (Å²) >= 11 is 0. The molecular weight excluding hydrogens is 406 g/mol. The van der Waals surface area contributed by atoms with Gasteiger partial charge in [-0.1, -0.05) is 49.4 Å². The van der Waals surface area contributed by atoms with E-state index in [0.29, 0.717) is 29.1 Å². The van der Waals surface area contributed by atoms with Gasteiger partial charge in [-0.2, -0.15) is 0 Å². The molecule has 0 saturated heterocycles. The minimum absolute atomic E-state index is 0.349. The number of nitrogens with zero attached hydrogens (tertiary/aromatic N) is 1. The number of ether oxygens (including phenoxy) is 2. The quantitative estimate of drug-likeness (QED) is 0.266. The lowest BCUT2D eigenvalue weighted by molar-refractivity contribution is 0.161. The van der Waals surface area contributed by atoms with Crippen molar-refractivity contribution in [3.63, 3.8) is 0 Å². The Morgan fingerprint density at radius 3 is 2.66 bits per heavy atom. The first kappa shape index (κ1) is 21.4. The molecule has 0 bridgehead atoms. The molecule has 0 aliphatic heterocycles. The lowest BCUT2D eigenvalue weighted by Gasteiger charge is -2.19. The molecule has 1 heterocycles. The van der Waals surface area contributed by atoms with Crippen LogP contribution in [0.4, 0.5) is 16.2 Å². The molecule has 32 heavy (non-hydrogen) atoms. The van der Waals surface area contributed by atoms with Crippen LogP contribution < -0.4 is 15.4 Å². The summed E-state index contributed by atoms with van der Waals surface area (Å²) < 4.78 is 10.6. The van der Waals surface area contributed by atoms with Gasteiger partial charge in [-0.3, -0.25) is 5.32 Å². The fraction of sp³-hybridized carbons (Fsp3) is 0.200. The molecule has 4 aromatic rings. The fourth-order valence-electron chi connectivity index (χ4n) is 3.56. The molecule has 0 aliphatic carbocycles. The number of para-hydroxylation sites is 2. The fourth-order valence-corrected chi connectivity index (χ4v) is 3.56. The maximum atomic E-state index is 11.9. The summed E-state index contributed by atoms with van der Waals surface area (Å²) in [6, 6.07) is 20.4. The number of rotatable bonds is 7. The van der Waals surface area contributed by atoms with E-state index >= 15 is 0 Å². The molecule has 4 rings (SSSR count). The van der Waals surface area contributed by atoms with Crippen molar-refractivity contribution in [1.29, 1.82) is 0 Å². The van der Waals surface area contributed by atoms with E-state index in [1.165, 1.54) is 0 Å². The first-order valence-corrected chi connectivity index (χ1v) is 10.4. The molecule has 7 heteroatoms. The molecule has 1 atom stereocenters. The van der Waals surface area contributed by atoms with Crippen molar-refractivity contribution in [3.05, 3.63) is 72.3 Å². The highest BCUT2D eigenvalue weighted by Gasteiger charge is 2.16. The smallest absolute Gasteiger partial charge is 0.411 e. The van der Waals surface area contributed by atoms with Crippen molar-refractivity contribution in [2.75, 3.05) is 24.4 Å². The van der Waals surface area contributed by atoms with E-state index in [1.54, 1.807) is 31.4 Å². The molecule has 164 valence electrons. The third-order valence-electron chi connectivity index (χ3n) is 5.06. The van der Waals surface area contributed by atoms with Gasteiger partial charge >= 0.3 is 6.09 Å². The van der Waals surface area contributed by atoms with E-state index < -0.39 is 12.3 Å². The van der Waals surface area contributed by atoms with Crippen LogP contribution in [0.2, 0.25) is 0 Å². The van der Waals surface area contributed by atoms with Crippen LogP contribution in [0.15, 0.2) is 66.7 Å². The number of hydrogen-bond donors (Lipinski definition) is 3. The van der Waals surface area contributed by atoms with Crippen LogP contribution in [0.25, 0.3) is 21.8 Å². The zero-order chi connectivity index (χ0) is 22.5. The predicted octanol–water partition coefficient (Wildman–Crippen LogP) is 5.46. The van der Waals surface area contributed by atoms with Crippen molar-refractivity contribution in [2.45, 2.75) is 19.6 Å². The number of aliphatic hydroxyl groups excluding tert-OH is 1. The van der Waals surface area contributed by atoms with Crippen LogP contribution in [0.1, 0.15) is 25.1 Å². The Balaban J connectivity index is 1.69. The van der Waals surface area contributed by atoms with Crippen LogP contribution in [-0.2, 0) is 4.74 Å². The van der Waals surface area contributed by atoms with Gasteiger partial charge in [0.05, 0.1) is 24.9 Å². The highest BCUT2D eigenvalue weighted by Crippen LogP contribution is 2.36. The minimum Gasteiger partial charge on any atom is -0.494 e. The molecule has 3 aromatic carbocycles. The largest absolute Gasteiger partial charge is 0.494 e. The summed E-state index contributed by atoms with van der Waals surface area (Å²) in [5.74, 6) is 0.655. The monoisotopic (exact) mass is 431 g/mol. The van der Waals surface area contributed by atoms with Crippen LogP contribution in [-0.4, -0.2) is 29.9 Å². The van der Waals surface area contributed by atoms with Crippen molar-refractivity contribution in [3.8, 4) is 5.75 Å². The number of carbonyl (C=O) groups excluding carboxylic acids is 1. The van der Waals surface area contributed by atoms with E-state index in [1.807, 2.05) is 49.4 Å². The van der Waals surface area contributed by atoms with Crippen LogP contribution in [0.3, 0.4) is 0 Å². The van der Waals surface area contributed by atoms with E-state index in [4.69, 9.17) is 14.5 Å². The van der Waals surface area contributed by atoms with E-state index in [2.05, 4.69) is 10.6 Å². The van der Waals surface area contributed by atoms with Crippen molar-refractivity contribution < 1.29 is 19.4 Å². The Morgan fingerprint density at radius 2 is 1.84 bits per heavy atom. The first-order chi connectivity index (χ1) is 15.6. The second kappa shape index (κ2) is 9.53. The number of pyridine rings is 1. The SMILES string of the molecule is CCCOC(=O)Nc1cccc(C(O)Nc2c3ccccc3nc3c(OC)cccc23)c1. The average molecular weight is 431 g/mol. The second-order valence-electron chi connectivity index (χ2n) is 7.29. The average Bonchev–Trinajstić information content (AvgIpc) is 2.82. The van der Waals surface area contributed by atoms with E-state index in [-0.39, 0.29) is 0 Å². The molecule has 0 fully saturated rings. The molecule has 3 N–H and O–H groups in total. The zero-order valence-corrected chi connectivity index (χ0v) is 18.0. The molecule has 1 unspecified atom stereocenters. The Hall–Kier alpha value is -3.84. The standard InChI is InChI=1S/C25H25N3O4/c1-3-14-32-25(30)26-17-9-6-8-16(15-17)24(29)28-22-18-10-4-5-12-20(18)27-23-19(22)11-7-13-21(23)31-2/h4-13,15,24,29H,3,14H2,1-2H3,(H,26,30)(H,27,28). The Morgan fingerprint density at radius 1 is 1.06 bits per heavy atom. The molecule has 0 radical (unpaired) electrons. The lowest BCUT2D eigenvalue weighted by atomic mass is 10.1. The van der Waals surface area contributed by atoms with Gasteiger partial charge in [0.2, 0.25) is 0 Å². The van der Waals surface area contributed by atoms with Gasteiger partial charge in [0.1, 0.15) is 11.3 Å². The molecule has 0 aliphatic rings. The van der Waals surface area contributed by atoms with Crippen molar-refractivity contribution >= 4 is 39.3 Å². The summed E-state index contributed by atoms with van der Waals surface area (Å²) in [5, 5.41) is 18.6. The maximum absolute atomic E-state index is 11.9. The van der Waals surface area contributed by atoms with Crippen molar-refractivity contribution in [2.24, 2.45) is 0 Å². The van der Waals surface area contributed by atoms with Crippen LogP contribution in [0.5, 0.6) is 5.75 Å². The normalized spacial score (nSPS) is 11.8. The summed E-state index contributed by atoms with van der Waals surface area (Å²) in [5.41, 5.74) is 3.37. The maximum Gasteiger partial charge on any atom is 0.411 e. The molecule has 1 aromatic heterocycles. The third kappa shape index (κ3) is 4.43. The topological polar surface area (TPSA) is 92.7 Å². The summed E-state index contributed by atoms with van der Waals surface area (Å²) in [7, 11) is 1.61. The van der Waals surface area contributed by atoms with E-state index in [9.17, 15) is 9.90 Å². The first-order valence-electron chi connectivity index (χ1n) is 10.4. The number of aliphatic hydroxyl groups is 1. The van der Waals surface area contributed by atoms with Gasteiger partial charge in [-0.25, -0.2) is 9.78 Å². The molecule has 7 nitrogen and oxygen atoms in total. The van der Waals surface area contributed by atoms with Crippen molar-refractivity contribution in [1.82, 2.24) is 4.98 Å². The van der Waals surface area contributed by atoms with Gasteiger partial charge in [0.15, 0.2) is 6.23 Å².